The second-order valence-corrected chi connectivity index (χ2v) is 8.90. The lowest BCUT2D eigenvalue weighted by Crippen LogP contribution is -2.29. The van der Waals surface area contributed by atoms with E-state index in [1.54, 1.807) is 6.07 Å². The molecule has 1 atom stereocenters. The van der Waals surface area contributed by atoms with Crippen molar-refractivity contribution in [2.24, 2.45) is 0 Å². The molecule has 1 saturated heterocycles. The van der Waals surface area contributed by atoms with Gasteiger partial charge in [-0.1, -0.05) is 48.5 Å². The van der Waals surface area contributed by atoms with Crippen molar-refractivity contribution in [2.45, 2.75) is 19.0 Å². The number of aromatic amines is 2. The molecule has 3 heterocycles. The van der Waals surface area contributed by atoms with Crippen LogP contribution in [0.1, 0.15) is 22.3 Å². The minimum atomic E-state index is 0.625. The van der Waals surface area contributed by atoms with Gasteiger partial charge in [0.2, 0.25) is 0 Å². The third-order valence-electron chi connectivity index (χ3n) is 6.48. The highest BCUT2D eigenvalue weighted by atomic mass is 16.1. The minimum Gasteiger partial charge on any atom is -0.316 e. The molecule has 0 bridgehead atoms. The van der Waals surface area contributed by atoms with E-state index in [4.69, 9.17) is 0 Å². The Bertz CT molecular complexity index is 1410. The Morgan fingerprint density at radius 1 is 1.03 bits per heavy atom. The summed E-state index contributed by atoms with van der Waals surface area (Å²) in [4.78, 5) is 17.6. The molecule has 0 amide bonds. The molecular formula is C28H29N7O. The fraction of sp³-hybridized carbons (Fsp3) is 0.214. The van der Waals surface area contributed by atoms with Gasteiger partial charge in [-0.15, -0.1) is 0 Å². The number of hydrogen-bond acceptors (Lipinski definition) is 6. The van der Waals surface area contributed by atoms with Gasteiger partial charge in [-0.3, -0.25) is 19.9 Å². The quantitative estimate of drug-likeness (QED) is 0.314. The molecule has 1 fully saturated rings. The molecule has 3 N–H and O–H groups in total. The Morgan fingerprint density at radius 2 is 1.92 bits per heavy atom. The molecule has 8 heteroatoms. The minimum absolute atomic E-state index is 0.625. The molecule has 6 rings (SSSR count). The van der Waals surface area contributed by atoms with Crippen molar-refractivity contribution in [1.29, 1.82) is 0 Å². The zero-order valence-electron chi connectivity index (χ0n) is 20.2. The second kappa shape index (κ2) is 11.1. The molecule has 1 aliphatic rings. The fourth-order valence-electron chi connectivity index (χ4n) is 4.54. The van der Waals surface area contributed by atoms with Crippen LogP contribution in [0, 0.1) is 0 Å². The summed E-state index contributed by atoms with van der Waals surface area (Å²) < 4.78 is 0. The number of nitrogens with zero attached hydrogens (tertiary/aromatic N) is 4. The fourth-order valence-corrected chi connectivity index (χ4v) is 4.54. The standard InChI is InChI=1S/C16H11N5O.C12H18N2/c22-8-10-2-1-3-11(6-10)15-13-7-12(16-17-9-18-21-16)4-5-14(13)19-20-15;1-13-12-7-8-14(10-12)9-11-5-3-2-4-6-11/h1-9H,(H,19,20)(H,17,18,21);2-6,12-13H,7-10H2,1H3. The highest BCUT2D eigenvalue weighted by Crippen LogP contribution is 2.29. The summed E-state index contributed by atoms with van der Waals surface area (Å²) in [7, 11) is 2.05. The first-order valence-electron chi connectivity index (χ1n) is 12.1. The van der Waals surface area contributed by atoms with Gasteiger partial charge in [0, 0.05) is 47.8 Å². The van der Waals surface area contributed by atoms with Crippen LogP contribution in [0.3, 0.4) is 0 Å². The van der Waals surface area contributed by atoms with Crippen molar-refractivity contribution < 1.29 is 4.79 Å². The molecule has 182 valence electrons. The van der Waals surface area contributed by atoms with Gasteiger partial charge < -0.3 is 5.32 Å². The molecule has 1 unspecified atom stereocenters. The number of aromatic nitrogens is 5. The molecule has 1 aliphatic heterocycles. The average molecular weight is 480 g/mol. The number of likely N-dealkylation sites (tertiary alicyclic amines) is 1. The Labute approximate surface area is 209 Å². The van der Waals surface area contributed by atoms with E-state index in [0.717, 1.165) is 40.6 Å². The number of nitrogens with one attached hydrogen (secondary N) is 3. The monoisotopic (exact) mass is 479 g/mol. The number of likely N-dealkylation sites (N-methyl/N-ethyl adjacent to an activating group) is 1. The van der Waals surface area contributed by atoms with Crippen LogP contribution in [0.2, 0.25) is 0 Å². The van der Waals surface area contributed by atoms with Crippen LogP contribution in [0.25, 0.3) is 33.5 Å². The molecule has 0 radical (unpaired) electrons. The van der Waals surface area contributed by atoms with Gasteiger partial charge in [0.05, 0.1) is 11.2 Å². The highest BCUT2D eigenvalue weighted by molar-refractivity contribution is 5.96. The van der Waals surface area contributed by atoms with E-state index in [0.29, 0.717) is 17.4 Å². The van der Waals surface area contributed by atoms with Crippen molar-refractivity contribution in [3.8, 4) is 22.6 Å². The number of rotatable bonds is 6. The lowest BCUT2D eigenvalue weighted by Gasteiger charge is -2.15. The van der Waals surface area contributed by atoms with E-state index < -0.39 is 0 Å². The average Bonchev–Trinajstić information content (AvgIpc) is 3.70. The maximum absolute atomic E-state index is 11.0. The molecule has 8 nitrogen and oxygen atoms in total. The first kappa shape index (κ1) is 23.6. The smallest absolute Gasteiger partial charge is 0.155 e. The molecule has 2 aromatic heterocycles. The third kappa shape index (κ3) is 5.40. The van der Waals surface area contributed by atoms with Gasteiger partial charge in [-0.25, -0.2) is 4.98 Å². The van der Waals surface area contributed by atoms with Gasteiger partial charge in [-0.2, -0.15) is 10.2 Å². The number of carbonyl (C=O) groups is 1. The van der Waals surface area contributed by atoms with Crippen LogP contribution in [0.4, 0.5) is 0 Å². The van der Waals surface area contributed by atoms with E-state index in [1.165, 1.54) is 31.4 Å². The van der Waals surface area contributed by atoms with Crippen LogP contribution in [0.5, 0.6) is 0 Å². The maximum Gasteiger partial charge on any atom is 0.155 e. The molecular weight excluding hydrogens is 450 g/mol. The number of H-pyrrole nitrogens is 2. The summed E-state index contributed by atoms with van der Waals surface area (Å²) in [6.07, 6.45) is 3.59. The van der Waals surface area contributed by atoms with E-state index in [2.05, 4.69) is 73.0 Å². The molecule has 3 aromatic carbocycles. The lowest BCUT2D eigenvalue weighted by molar-refractivity contribution is 0.112. The van der Waals surface area contributed by atoms with E-state index in [-0.39, 0.29) is 0 Å². The van der Waals surface area contributed by atoms with Crippen LogP contribution in [-0.2, 0) is 6.54 Å². The van der Waals surface area contributed by atoms with Crippen molar-refractivity contribution >= 4 is 17.2 Å². The van der Waals surface area contributed by atoms with Gasteiger partial charge in [0.15, 0.2) is 5.82 Å². The van der Waals surface area contributed by atoms with Gasteiger partial charge in [0.1, 0.15) is 12.6 Å². The van der Waals surface area contributed by atoms with Crippen molar-refractivity contribution in [2.75, 3.05) is 20.1 Å². The zero-order chi connectivity index (χ0) is 24.7. The summed E-state index contributed by atoms with van der Waals surface area (Å²) in [5.74, 6) is 0.704. The summed E-state index contributed by atoms with van der Waals surface area (Å²) >= 11 is 0. The van der Waals surface area contributed by atoms with Crippen LogP contribution >= 0.6 is 0 Å². The molecule has 0 saturated carbocycles. The number of hydrogen-bond donors (Lipinski definition) is 3. The number of aldehydes is 1. The summed E-state index contributed by atoms with van der Waals surface area (Å²) in [5.41, 5.74) is 5.60. The Hall–Kier alpha value is -4.14. The third-order valence-corrected chi connectivity index (χ3v) is 6.48. The van der Waals surface area contributed by atoms with Crippen molar-refractivity contribution in [3.63, 3.8) is 0 Å². The Balaban J connectivity index is 0.000000165. The Morgan fingerprint density at radius 3 is 2.67 bits per heavy atom. The molecule has 36 heavy (non-hydrogen) atoms. The van der Waals surface area contributed by atoms with Gasteiger partial charge in [0.25, 0.3) is 0 Å². The van der Waals surface area contributed by atoms with Crippen LogP contribution < -0.4 is 5.32 Å². The summed E-state index contributed by atoms with van der Waals surface area (Å²) in [6.45, 7) is 3.50. The van der Waals surface area contributed by atoms with Crippen molar-refractivity contribution in [1.82, 2.24) is 35.6 Å². The topological polar surface area (TPSA) is 103 Å². The number of benzene rings is 3. The number of fused-ring (bicyclic) bond motifs is 1. The summed E-state index contributed by atoms with van der Waals surface area (Å²) in [6, 6.07) is 24.7. The largest absolute Gasteiger partial charge is 0.316 e. The van der Waals surface area contributed by atoms with E-state index in [1.807, 2.05) is 36.4 Å². The SMILES string of the molecule is CNC1CCN(Cc2ccccc2)C1.O=Cc1cccc(-c2n[nH]c3ccc(-c4ncn[nH]4)cc23)c1. The lowest BCUT2D eigenvalue weighted by atomic mass is 10.0. The summed E-state index contributed by atoms with van der Waals surface area (Å²) in [5, 5.41) is 18.4. The molecule has 0 spiro atoms. The van der Waals surface area contributed by atoms with Gasteiger partial charge >= 0.3 is 0 Å². The zero-order valence-corrected chi connectivity index (χ0v) is 20.2. The Kier molecular flexibility index (Phi) is 7.25. The molecule has 0 aliphatic carbocycles. The molecule has 5 aromatic rings. The number of carbonyl (C=O) groups excluding carboxylic acids is 1. The predicted molar refractivity (Wildman–Crippen MR) is 141 cm³/mol. The van der Waals surface area contributed by atoms with Crippen LogP contribution in [-0.4, -0.2) is 62.7 Å². The second-order valence-electron chi connectivity index (χ2n) is 8.90. The van der Waals surface area contributed by atoms with Gasteiger partial charge in [-0.05, 0) is 43.3 Å². The predicted octanol–water partition coefficient (Wildman–Crippen LogP) is 4.31. The van der Waals surface area contributed by atoms with E-state index in [9.17, 15) is 4.79 Å². The highest BCUT2D eigenvalue weighted by Gasteiger charge is 2.20. The normalized spacial score (nSPS) is 15.5. The maximum atomic E-state index is 11.0. The van der Waals surface area contributed by atoms with E-state index >= 15 is 0 Å². The van der Waals surface area contributed by atoms with Crippen LogP contribution in [0.15, 0.2) is 79.1 Å². The first-order chi connectivity index (χ1) is 17.7. The van der Waals surface area contributed by atoms with Crippen molar-refractivity contribution in [3.05, 3.63) is 90.3 Å². The first-order valence-corrected chi connectivity index (χ1v) is 12.1.